The van der Waals surface area contributed by atoms with Gasteiger partial charge in [0.1, 0.15) is 17.3 Å². The molecule has 8 aromatic rings. The Morgan fingerprint density at radius 2 is 1.02 bits per heavy atom. The molecule has 2 aromatic heterocycles. The van der Waals surface area contributed by atoms with Gasteiger partial charge in [-0.25, -0.2) is 4.98 Å². The van der Waals surface area contributed by atoms with E-state index in [1.54, 1.807) is 0 Å². The molecular formula is C60H64N4O. The van der Waals surface area contributed by atoms with Crippen molar-refractivity contribution >= 4 is 33.2 Å². The summed E-state index contributed by atoms with van der Waals surface area (Å²) >= 11 is 0. The van der Waals surface area contributed by atoms with Crippen molar-refractivity contribution in [2.75, 3.05) is 16.5 Å². The first kappa shape index (κ1) is 43.7. The number of hydrogen-bond donors (Lipinski definition) is 0. The van der Waals surface area contributed by atoms with Crippen molar-refractivity contribution in [3.63, 3.8) is 0 Å². The van der Waals surface area contributed by atoms with Crippen molar-refractivity contribution in [3.8, 4) is 17.3 Å². The Bertz CT molecular complexity index is 3090. The van der Waals surface area contributed by atoms with Gasteiger partial charge in [0.25, 0.3) is 0 Å². The van der Waals surface area contributed by atoms with Crippen LogP contribution in [0.5, 0.6) is 11.5 Å². The molecule has 0 saturated carbocycles. The average molecular weight is 857 g/mol. The zero-order valence-electron chi connectivity index (χ0n) is 40.4. The molecule has 1 aliphatic heterocycles. The van der Waals surface area contributed by atoms with Crippen LogP contribution in [0.3, 0.4) is 0 Å². The largest absolute Gasteiger partial charge is 0.457 e. The van der Waals surface area contributed by atoms with Crippen LogP contribution in [0.15, 0.2) is 169 Å². The molecule has 5 nitrogen and oxygen atoms in total. The van der Waals surface area contributed by atoms with Crippen molar-refractivity contribution < 1.29 is 4.74 Å². The third kappa shape index (κ3) is 8.11. The molecule has 0 saturated heterocycles. The van der Waals surface area contributed by atoms with E-state index in [0.29, 0.717) is 6.67 Å². The second kappa shape index (κ2) is 16.1. The predicted molar refractivity (Wildman–Crippen MR) is 274 cm³/mol. The van der Waals surface area contributed by atoms with Gasteiger partial charge in [-0.05, 0) is 119 Å². The SMILES string of the molecule is CC1=C(C)N(c2cc(Oc3ccc4c5cc(C(C)(C)C)ccc5n(-c5cc(C(C)(C)c6ccccc6)ccn5)c4c3)cc(C(C)(C)c3ccccc3)c2)CN1c1cccc(C(C)(C)C)c1. The zero-order chi connectivity index (χ0) is 46.1. The van der Waals surface area contributed by atoms with Crippen LogP contribution in [0.1, 0.15) is 116 Å². The fourth-order valence-corrected chi connectivity index (χ4v) is 9.48. The molecule has 1 aliphatic rings. The standard InChI is InChI=1S/C60H64N4O/c1-40-41(2)63(39-62(40)48-25-19-24-44(32-48)57(3,4)5)49-33-47(60(11,12)43-22-17-14-18-23-43)34-51(37-49)65-50-27-28-52-53-35-45(58(6,7)8)26-29-54(53)64(55(52)38-50)56-36-46(30-31-61-56)59(9,10)42-20-15-13-16-21-42/h13-38H,39H2,1-12H3. The van der Waals surface area contributed by atoms with Crippen molar-refractivity contribution in [2.24, 2.45) is 0 Å². The van der Waals surface area contributed by atoms with Crippen LogP contribution in [0.4, 0.5) is 11.4 Å². The van der Waals surface area contributed by atoms with Crippen LogP contribution in [0.25, 0.3) is 27.6 Å². The Kier molecular flexibility index (Phi) is 10.8. The van der Waals surface area contributed by atoms with Crippen molar-refractivity contribution in [3.05, 3.63) is 203 Å². The maximum atomic E-state index is 7.10. The molecule has 0 spiro atoms. The topological polar surface area (TPSA) is 33.5 Å². The fraction of sp³-hybridized carbons (Fsp3) is 0.283. The first-order valence-electron chi connectivity index (χ1n) is 23.1. The van der Waals surface area contributed by atoms with E-state index in [1.165, 1.54) is 55.8 Å². The van der Waals surface area contributed by atoms with Crippen LogP contribution < -0.4 is 14.5 Å². The summed E-state index contributed by atoms with van der Waals surface area (Å²) in [7, 11) is 0. The molecule has 0 aliphatic carbocycles. The molecule has 330 valence electrons. The van der Waals surface area contributed by atoms with E-state index in [9.17, 15) is 0 Å². The second-order valence-electron chi connectivity index (χ2n) is 21.2. The van der Waals surface area contributed by atoms with Crippen molar-refractivity contribution in [1.29, 1.82) is 0 Å². The molecule has 0 radical (unpaired) electrons. The van der Waals surface area contributed by atoms with Gasteiger partial charge >= 0.3 is 0 Å². The lowest BCUT2D eigenvalue weighted by Gasteiger charge is -2.30. The lowest BCUT2D eigenvalue weighted by atomic mass is 9.78. The summed E-state index contributed by atoms with van der Waals surface area (Å²) in [6, 6.07) is 55.2. The molecular weight excluding hydrogens is 793 g/mol. The molecule has 0 unspecified atom stereocenters. The number of pyridine rings is 1. The highest BCUT2D eigenvalue weighted by molar-refractivity contribution is 6.09. The normalized spacial score (nSPS) is 14.0. The summed E-state index contributed by atoms with van der Waals surface area (Å²) in [4.78, 5) is 9.93. The summed E-state index contributed by atoms with van der Waals surface area (Å²) in [5.41, 5.74) is 14.0. The fourth-order valence-electron chi connectivity index (χ4n) is 9.48. The van der Waals surface area contributed by atoms with Gasteiger partial charge in [0, 0.05) is 62.7 Å². The Hall–Kier alpha value is -6.59. The highest BCUT2D eigenvalue weighted by atomic mass is 16.5. The summed E-state index contributed by atoms with van der Waals surface area (Å²) < 4.78 is 9.41. The molecule has 6 aromatic carbocycles. The second-order valence-corrected chi connectivity index (χ2v) is 21.2. The molecule has 0 atom stereocenters. The summed E-state index contributed by atoms with van der Waals surface area (Å²) in [5.74, 6) is 2.44. The molecule has 5 heteroatoms. The smallest absolute Gasteiger partial charge is 0.137 e. The van der Waals surface area contributed by atoms with E-state index in [0.717, 1.165) is 39.4 Å². The highest BCUT2D eigenvalue weighted by Crippen LogP contribution is 2.43. The number of allylic oxidation sites excluding steroid dienone is 2. The van der Waals surface area contributed by atoms with Crippen molar-refractivity contribution in [2.45, 2.75) is 105 Å². The van der Waals surface area contributed by atoms with Gasteiger partial charge in [-0.1, -0.05) is 148 Å². The van der Waals surface area contributed by atoms with Gasteiger partial charge in [0.15, 0.2) is 0 Å². The lowest BCUT2D eigenvalue weighted by molar-refractivity contribution is 0.480. The number of nitrogens with zero attached hydrogens (tertiary/aromatic N) is 4. The van der Waals surface area contributed by atoms with Crippen LogP contribution >= 0.6 is 0 Å². The highest BCUT2D eigenvalue weighted by Gasteiger charge is 2.31. The molecule has 0 fully saturated rings. The number of hydrogen-bond acceptors (Lipinski definition) is 4. The van der Waals surface area contributed by atoms with E-state index in [-0.39, 0.29) is 21.7 Å². The van der Waals surface area contributed by atoms with Crippen LogP contribution in [-0.2, 0) is 21.7 Å². The summed E-state index contributed by atoms with van der Waals surface area (Å²) in [6.45, 7) is 28.0. The Labute approximate surface area is 387 Å². The number of fused-ring (bicyclic) bond motifs is 3. The molecule has 65 heavy (non-hydrogen) atoms. The first-order valence-corrected chi connectivity index (χ1v) is 23.1. The van der Waals surface area contributed by atoms with Crippen LogP contribution in [0.2, 0.25) is 0 Å². The Morgan fingerprint density at radius 1 is 0.431 bits per heavy atom. The van der Waals surface area contributed by atoms with Gasteiger partial charge in [0.05, 0.1) is 17.7 Å². The monoisotopic (exact) mass is 857 g/mol. The quantitative estimate of drug-likeness (QED) is 0.145. The van der Waals surface area contributed by atoms with Crippen LogP contribution in [0, 0.1) is 0 Å². The number of aromatic nitrogens is 2. The van der Waals surface area contributed by atoms with Crippen LogP contribution in [-0.4, -0.2) is 16.2 Å². The minimum absolute atomic E-state index is 0.00525. The zero-order valence-corrected chi connectivity index (χ0v) is 40.4. The lowest BCUT2D eigenvalue weighted by Crippen LogP contribution is -2.28. The first-order chi connectivity index (χ1) is 30.8. The maximum Gasteiger partial charge on any atom is 0.137 e. The average Bonchev–Trinajstić information content (AvgIpc) is 3.78. The Balaban J connectivity index is 1.17. The van der Waals surface area contributed by atoms with E-state index < -0.39 is 0 Å². The van der Waals surface area contributed by atoms with Gasteiger partial charge in [-0.15, -0.1) is 0 Å². The van der Waals surface area contributed by atoms with Gasteiger partial charge < -0.3 is 14.5 Å². The van der Waals surface area contributed by atoms with Crippen molar-refractivity contribution in [1.82, 2.24) is 9.55 Å². The molecule has 9 rings (SSSR count). The van der Waals surface area contributed by atoms with Gasteiger partial charge in [0.2, 0.25) is 0 Å². The number of benzene rings is 6. The molecule has 0 bridgehead atoms. The van der Waals surface area contributed by atoms with E-state index in [2.05, 4.69) is 249 Å². The van der Waals surface area contributed by atoms with Gasteiger partial charge in [-0.3, -0.25) is 4.57 Å². The summed E-state index contributed by atoms with van der Waals surface area (Å²) in [6.07, 6.45) is 1.96. The third-order valence-corrected chi connectivity index (χ3v) is 14.1. The van der Waals surface area contributed by atoms with Gasteiger partial charge in [-0.2, -0.15) is 0 Å². The molecule has 3 heterocycles. The minimum atomic E-state index is -0.298. The third-order valence-electron chi connectivity index (χ3n) is 14.1. The van der Waals surface area contributed by atoms with E-state index >= 15 is 0 Å². The summed E-state index contributed by atoms with van der Waals surface area (Å²) in [5, 5.41) is 2.36. The van der Waals surface area contributed by atoms with E-state index in [4.69, 9.17) is 9.72 Å². The van der Waals surface area contributed by atoms with E-state index in [1.807, 2.05) is 6.20 Å². The maximum absolute atomic E-state index is 7.10. The molecule has 0 N–H and O–H groups in total. The predicted octanol–water partition coefficient (Wildman–Crippen LogP) is 15.8. The Morgan fingerprint density at radius 3 is 1.66 bits per heavy atom. The number of rotatable bonds is 9. The number of ether oxygens (including phenoxy) is 1. The minimum Gasteiger partial charge on any atom is -0.457 e. The number of anilines is 2. The molecule has 0 amide bonds.